The molecule has 0 radical (unpaired) electrons. The van der Waals surface area contributed by atoms with Gasteiger partial charge in [-0.15, -0.1) is 0 Å². The van der Waals surface area contributed by atoms with Gasteiger partial charge in [-0.05, 0) is 29.0 Å². The van der Waals surface area contributed by atoms with Crippen LogP contribution in [0.2, 0.25) is 0 Å². The molecule has 4 rings (SSSR count). The van der Waals surface area contributed by atoms with Crippen molar-refractivity contribution >= 4 is 11.9 Å². The van der Waals surface area contributed by atoms with Gasteiger partial charge in [0.25, 0.3) is 0 Å². The van der Waals surface area contributed by atoms with E-state index >= 15 is 0 Å². The molecule has 4 nitrogen and oxygen atoms in total. The first-order chi connectivity index (χ1) is 9.59. The fourth-order valence-corrected chi connectivity index (χ4v) is 4.07. The molecule has 0 fully saturated rings. The van der Waals surface area contributed by atoms with Gasteiger partial charge in [0, 0.05) is 11.8 Å². The fraction of sp³-hybridized carbons (Fsp3) is 0.250. The van der Waals surface area contributed by atoms with Crippen molar-refractivity contribution in [2.24, 2.45) is 11.8 Å². The Morgan fingerprint density at radius 1 is 0.900 bits per heavy atom. The largest absolute Gasteiger partial charge is 0.478 e. The number of carboxylic acid groups (broad SMARTS) is 2. The van der Waals surface area contributed by atoms with Gasteiger partial charge in [-0.3, -0.25) is 0 Å². The van der Waals surface area contributed by atoms with Crippen LogP contribution in [0.25, 0.3) is 0 Å². The van der Waals surface area contributed by atoms with E-state index in [0.717, 1.165) is 5.56 Å². The minimum atomic E-state index is -1.18. The second kappa shape index (κ2) is 3.60. The number of benzene rings is 1. The maximum absolute atomic E-state index is 11.6. The highest BCUT2D eigenvalue weighted by atomic mass is 16.4. The monoisotopic (exact) mass is 268 g/mol. The molecule has 0 saturated carbocycles. The van der Waals surface area contributed by atoms with Crippen LogP contribution in [0.3, 0.4) is 0 Å². The number of hydrogen-bond donors (Lipinski definition) is 2. The van der Waals surface area contributed by atoms with Gasteiger partial charge >= 0.3 is 11.9 Å². The molecule has 1 aromatic rings. The molecule has 0 aromatic heterocycles. The van der Waals surface area contributed by atoms with Crippen molar-refractivity contribution in [3.05, 3.63) is 58.7 Å². The number of hydrogen-bond acceptors (Lipinski definition) is 2. The SMILES string of the molecule is O=C(O)c1ccc2c(c1C(=O)O)[C@H]1C=C[C@H]3C=C[C@H]2[C@H]31. The predicted molar refractivity (Wildman–Crippen MR) is 71.1 cm³/mol. The van der Waals surface area contributed by atoms with Crippen molar-refractivity contribution in [2.45, 2.75) is 11.8 Å². The highest BCUT2D eigenvalue weighted by molar-refractivity contribution is 6.03. The summed E-state index contributed by atoms with van der Waals surface area (Å²) in [4.78, 5) is 22.9. The first-order valence-corrected chi connectivity index (χ1v) is 6.59. The molecule has 100 valence electrons. The number of aromatic carboxylic acids is 2. The van der Waals surface area contributed by atoms with Gasteiger partial charge in [0.1, 0.15) is 0 Å². The number of carbonyl (C=O) groups is 2. The normalized spacial score (nSPS) is 31.4. The van der Waals surface area contributed by atoms with Gasteiger partial charge in [0.05, 0.1) is 11.1 Å². The van der Waals surface area contributed by atoms with Crippen molar-refractivity contribution in [1.29, 1.82) is 0 Å². The summed E-state index contributed by atoms with van der Waals surface area (Å²) < 4.78 is 0. The molecule has 0 bridgehead atoms. The van der Waals surface area contributed by atoms with Gasteiger partial charge in [0.2, 0.25) is 0 Å². The van der Waals surface area contributed by atoms with Crippen molar-refractivity contribution in [3.8, 4) is 0 Å². The van der Waals surface area contributed by atoms with Gasteiger partial charge in [-0.25, -0.2) is 9.59 Å². The Morgan fingerprint density at radius 2 is 1.60 bits per heavy atom. The number of rotatable bonds is 2. The molecule has 1 aromatic carbocycles. The average Bonchev–Trinajstić information content (AvgIpc) is 3.05. The van der Waals surface area contributed by atoms with Crippen LogP contribution in [0.1, 0.15) is 43.7 Å². The minimum Gasteiger partial charge on any atom is -0.478 e. The molecule has 3 aliphatic rings. The Kier molecular flexibility index (Phi) is 2.06. The predicted octanol–water partition coefficient (Wildman–Crippen LogP) is 2.64. The van der Waals surface area contributed by atoms with E-state index in [9.17, 15) is 19.8 Å². The Morgan fingerprint density at radius 3 is 2.25 bits per heavy atom. The summed E-state index contributed by atoms with van der Waals surface area (Å²) in [5, 5.41) is 18.7. The second-order valence-electron chi connectivity index (χ2n) is 5.58. The summed E-state index contributed by atoms with van der Waals surface area (Å²) in [7, 11) is 0. The van der Waals surface area contributed by atoms with E-state index in [1.807, 2.05) is 6.08 Å². The zero-order valence-corrected chi connectivity index (χ0v) is 10.5. The topological polar surface area (TPSA) is 74.6 Å². The van der Waals surface area contributed by atoms with E-state index in [4.69, 9.17) is 0 Å². The van der Waals surface area contributed by atoms with E-state index in [1.165, 1.54) is 6.07 Å². The second-order valence-corrected chi connectivity index (χ2v) is 5.58. The molecule has 4 heteroatoms. The van der Waals surface area contributed by atoms with Crippen LogP contribution in [0.5, 0.6) is 0 Å². The lowest BCUT2D eigenvalue weighted by atomic mass is 9.87. The van der Waals surface area contributed by atoms with Crippen LogP contribution in [0, 0.1) is 11.8 Å². The zero-order chi connectivity index (χ0) is 14.0. The smallest absolute Gasteiger partial charge is 0.336 e. The van der Waals surface area contributed by atoms with Crippen molar-refractivity contribution in [2.75, 3.05) is 0 Å². The molecular formula is C16H12O4. The van der Waals surface area contributed by atoms with E-state index in [1.54, 1.807) is 6.07 Å². The summed E-state index contributed by atoms with van der Waals surface area (Å²) in [5.41, 5.74) is 1.53. The van der Waals surface area contributed by atoms with Gasteiger partial charge in [0.15, 0.2) is 0 Å². The fourth-order valence-electron chi connectivity index (χ4n) is 4.07. The van der Waals surface area contributed by atoms with Crippen LogP contribution >= 0.6 is 0 Å². The minimum absolute atomic E-state index is 0.0281. The molecular weight excluding hydrogens is 256 g/mol. The molecule has 4 atom stereocenters. The van der Waals surface area contributed by atoms with Crippen LogP contribution in [0.15, 0.2) is 36.4 Å². The lowest BCUT2D eigenvalue weighted by Gasteiger charge is -2.15. The Bertz CT molecular complexity index is 713. The summed E-state index contributed by atoms with van der Waals surface area (Å²) in [6, 6.07) is 3.21. The maximum atomic E-state index is 11.6. The lowest BCUT2D eigenvalue weighted by molar-refractivity contribution is 0.0650. The Balaban J connectivity index is 2.03. The molecule has 20 heavy (non-hydrogen) atoms. The third kappa shape index (κ3) is 1.21. The quantitative estimate of drug-likeness (QED) is 0.808. The molecule has 0 unspecified atom stereocenters. The molecule has 3 aliphatic carbocycles. The van der Waals surface area contributed by atoms with Gasteiger partial charge < -0.3 is 10.2 Å². The summed E-state index contributed by atoms with van der Waals surface area (Å²) in [6.07, 6.45) is 8.44. The van der Waals surface area contributed by atoms with Crippen LogP contribution < -0.4 is 0 Å². The first kappa shape index (κ1) is 11.5. The molecule has 0 heterocycles. The molecule has 0 spiro atoms. The van der Waals surface area contributed by atoms with Crippen molar-refractivity contribution < 1.29 is 19.8 Å². The van der Waals surface area contributed by atoms with E-state index in [0.29, 0.717) is 17.4 Å². The summed E-state index contributed by atoms with van der Waals surface area (Å²) in [6.45, 7) is 0. The van der Waals surface area contributed by atoms with Crippen molar-refractivity contribution in [3.63, 3.8) is 0 Å². The van der Waals surface area contributed by atoms with Gasteiger partial charge in [-0.1, -0.05) is 30.4 Å². The zero-order valence-electron chi connectivity index (χ0n) is 10.5. The maximum Gasteiger partial charge on any atom is 0.336 e. The first-order valence-electron chi connectivity index (χ1n) is 6.59. The average molecular weight is 268 g/mol. The standard InChI is InChI=1S/C16H12O4/c17-15(18)11-6-5-9-8-3-1-7-2-4-10(12(7)8)13(9)14(11)16(19)20/h1-8,10,12H,(H,17,18)(H,19,20)/t7-,8-,10+,12+/m1/s1. The van der Waals surface area contributed by atoms with Crippen LogP contribution in [-0.4, -0.2) is 22.2 Å². The molecule has 0 aliphatic heterocycles. The molecule has 2 N–H and O–H groups in total. The third-order valence-corrected chi connectivity index (χ3v) is 4.77. The highest BCUT2D eigenvalue weighted by Crippen LogP contribution is 2.59. The number of fused-ring (bicyclic) bond motifs is 3. The van der Waals surface area contributed by atoms with Crippen LogP contribution in [0.4, 0.5) is 0 Å². The Hall–Kier alpha value is -2.36. The third-order valence-electron chi connectivity index (χ3n) is 4.77. The van der Waals surface area contributed by atoms with E-state index in [2.05, 4.69) is 18.2 Å². The van der Waals surface area contributed by atoms with Gasteiger partial charge in [-0.2, -0.15) is 0 Å². The molecule has 0 saturated heterocycles. The summed E-state index contributed by atoms with van der Waals surface area (Å²) >= 11 is 0. The van der Waals surface area contributed by atoms with E-state index < -0.39 is 11.9 Å². The van der Waals surface area contributed by atoms with E-state index in [-0.39, 0.29) is 23.0 Å². The number of allylic oxidation sites excluding steroid dienone is 4. The molecule has 0 amide bonds. The summed E-state index contributed by atoms with van der Waals surface area (Å²) in [5.74, 6) is -1.40. The Labute approximate surface area is 115 Å². The van der Waals surface area contributed by atoms with Crippen LogP contribution in [-0.2, 0) is 0 Å². The number of carboxylic acids is 2. The lowest BCUT2D eigenvalue weighted by Crippen LogP contribution is -2.13. The van der Waals surface area contributed by atoms with Crippen molar-refractivity contribution in [1.82, 2.24) is 0 Å². The highest BCUT2D eigenvalue weighted by Gasteiger charge is 2.49.